The molecule has 0 aliphatic carbocycles. The van der Waals surface area contributed by atoms with Gasteiger partial charge in [0.25, 0.3) is 0 Å². The van der Waals surface area contributed by atoms with Crippen LogP contribution in [0.4, 0.5) is 5.69 Å². The lowest BCUT2D eigenvalue weighted by molar-refractivity contribution is 0.840. The van der Waals surface area contributed by atoms with Crippen molar-refractivity contribution in [3.63, 3.8) is 0 Å². The molecule has 0 amide bonds. The van der Waals surface area contributed by atoms with Crippen LogP contribution in [0.15, 0.2) is 48.8 Å². The fraction of sp³-hybridized carbons (Fsp3) is 0.143. The smallest absolute Gasteiger partial charge is 0.0657 e. The Kier molecular flexibility index (Phi) is 2.68. The van der Waals surface area contributed by atoms with Crippen molar-refractivity contribution in [3.05, 3.63) is 54.5 Å². The number of aromatic amines is 1. The second kappa shape index (κ2) is 4.49. The van der Waals surface area contributed by atoms with Gasteiger partial charge in [0.05, 0.1) is 23.4 Å². The number of rotatable bonds is 3. The van der Waals surface area contributed by atoms with Crippen LogP contribution in [0.2, 0.25) is 0 Å². The third kappa shape index (κ3) is 2.05. The SMILES string of the molecule is CC(Nc1ccc2[nH]ncc2c1)c1ccccn1. The summed E-state index contributed by atoms with van der Waals surface area (Å²) in [5, 5.41) is 11.5. The highest BCUT2D eigenvalue weighted by Gasteiger charge is 2.06. The van der Waals surface area contributed by atoms with Gasteiger partial charge in [-0.25, -0.2) is 0 Å². The summed E-state index contributed by atoms with van der Waals surface area (Å²) >= 11 is 0. The highest BCUT2D eigenvalue weighted by Crippen LogP contribution is 2.21. The van der Waals surface area contributed by atoms with Crippen molar-refractivity contribution in [1.82, 2.24) is 15.2 Å². The van der Waals surface area contributed by atoms with Crippen molar-refractivity contribution in [2.75, 3.05) is 5.32 Å². The molecular weight excluding hydrogens is 224 g/mol. The molecule has 1 unspecified atom stereocenters. The Morgan fingerprint density at radius 1 is 1.22 bits per heavy atom. The number of pyridine rings is 1. The summed E-state index contributed by atoms with van der Waals surface area (Å²) in [6.45, 7) is 2.10. The molecule has 2 heterocycles. The summed E-state index contributed by atoms with van der Waals surface area (Å²) in [6, 6.07) is 12.3. The van der Waals surface area contributed by atoms with Gasteiger partial charge in [0.15, 0.2) is 0 Å². The maximum atomic E-state index is 4.35. The number of fused-ring (bicyclic) bond motifs is 1. The molecule has 0 saturated carbocycles. The third-order valence-electron chi connectivity index (χ3n) is 2.95. The van der Waals surface area contributed by atoms with Gasteiger partial charge < -0.3 is 5.32 Å². The summed E-state index contributed by atoms with van der Waals surface area (Å²) in [7, 11) is 0. The van der Waals surface area contributed by atoms with Crippen LogP contribution in [0.5, 0.6) is 0 Å². The fourth-order valence-corrected chi connectivity index (χ4v) is 1.99. The van der Waals surface area contributed by atoms with Crippen molar-refractivity contribution in [1.29, 1.82) is 0 Å². The van der Waals surface area contributed by atoms with E-state index < -0.39 is 0 Å². The average molecular weight is 238 g/mol. The first kappa shape index (κ1) is 10.8. The lowest BCUT2D eigenvalue weighted by atomic mass is 10.2. The maximum absolute atomic E-state index is 4.35. The molecule has 18 heavy (non-hydrogen) atoms. The Bertz CT molecular complexity index is 645. The molecule has 0 fully saturated rings. The Balaban J connectivity index is 1.83. The molecule has 3 rings (SSSR count). The minimum atomic E-state index is 0.176. The number of hydrogen-bond acceptors (Lipinski definition) is 3. The van der Waals surface area contributed by atoms with E-state index in [0.717, 1.165) is 22.3 Å². The quantitative estimate of drug-likeness (QED) is 0.737. The Hall–Kier alpha value is -2.36. The molecule has 4 heteroatoms. The van der Waals surface area contributed by atoms with E-state index in [4.69, 9.17) is 0 Å². The van der Waals surface area contributed by atoms with Gasteiger partial charge in [-0.3, -0.25) is 10.1 Å². The molecule has 0 saturated heterocycles. The van der Waals surface area contributed by atoms with Gasteiger partial charge in [0, 0.05) is 17.3 Å². The summed E-state index contributed by atoms with van der Waals surface area (Å²) < 4.78 is 0. The fourth-order valence-electron chi connectivity index (χ4n) is 1.99. The number of H-pyrrole nitrogens is 1. The van der Waals surface area contributed by atoms with Gasteiger partial charge in [0.2, 0.25) is 0 Å². The largest absolute Gasteiger partial charge is 0.377 e. The molecule has 3 aromatic rings. The zero-order chi connectivity index (χ0) is 12.4. The first-order chi connectivity index (χ1) is 8.83. The highest BCUT2D eigenvalue weighted by molar-refractivity contribution is 5.81. The summed E-state index contributed by atoms with van der Waals surface area (Å²) in [6.07, 6.45) is 3.64. The number of nitrogens with zero attached hydrogens (tertiary/aromatic N) is 2. The molecule has 0 radical (unpaired) electrons. The minimum Gasteiger partial charge on any atom is -0.377 e. The Morgan fingerprint density at radius 3 is 3.00 bits per heavy atom. The Labute approximate surface area is 105 Å². The predicted molar refractivity (Wildman–Crippen MR) is 72.4 cm³/mol. The van der Waals surface area contributed by atoms with E-state index in [1.165, 1.54) is 0 Å². The van der Waals surface area contributed by atoms with E-state index in [-0.39, 0.29) is 6.04 Å². The molecule has 0 aliphatic heterocycles. The number of aromatic nitrogens is 3. The van der Waals surface area contributed by atoms with Gasteiger partial charge >= 0.3 is 0 Å². The lowest BCUT2D eigenvalue weighted by Crippen LogP contribution is -2.07. The maximum Gasteiger partial charge on any atom is 0.0657 e. The zero-order valence-corrected chi connectivity index (χ0v) is 10.1. The molecule has 0 spiro atoms. The average Bonchev–Trinajstić information content (AvgIpc) is 2.87. The molecule has 1 aromatic carbocycles. The van der Waals surface area contributed by atoms with Crippen LogP contribution >= 0.6 is 0 Å². The zero-order valence-electron chi connectivity index (χ0n) is 10.1. The molecular formula is C14H14N4. The standard InChI is InChI=1S/C14H14N4/c1-10(13-4-2-3-7-15-13)17-12-5-6-14-11(8-12)9-16-18-14/h2-10,17H,1H3,(H,16,18). The van der Waals surface area contributed by atoms with Crippen molar-refractivity contribution < 1.29 is 0 Å². The van der Waals surface area contributed by atoms with E-state index in [2.05, 4.69) is 33.5 Å². The van der Waals surface area contributed by atoms with Gasteiger partial charge in [-0.1, -0.05) is 6.07 Å². The normalized spacial score (nSPS) is 12.5. The van der Waals surface area contributed by atoms with E-state index in [0.29, 0.717) is 0 Å². The van der Waals surface area contributed by atoms with Crippen LogP contribution in [0, 0.1) is 0 Å². The molecule has 2 aromatic heterocycles. The van der Waals surface area contributed by atoms with Crippen LogP contribution in [0.1, 0.15) is 18.7 Å². The van der Waals surface area contributed by atoms with Crippen LogP contribution < -0.4 is 5.32 Å². The Morgan fingerprint density at radius 2 is 2.17 bits per heavy atom. The number of anilines is 1. The van der Waals surface area contributed by atoms with E-state index in [1.807, 2.05) is 42.7 Å². The minimum absolute atomic E-state index is 0.176. The van der Waals surface area contributed by atoms with E-state index >= 15 is 0 Å². The van der Waals surface area contributed by atoms with E-state index in [1.54, 1.807) is 0 Å². The first-order valence-electron chi connectivity index (χ1n) is 5.93. The van der Waals surface area contributed by atoms with Crippen molar-refractivity contribution in [2.24, 2.45) is 0 Å². The monoisotopic (exact) mass is 238 g/mol. The van der Waals surface area contributed by atoms with Crippen molar-refractivity contribution >= 4 is 16.6 Å². The molecule has 0 aliphatic rings. The summed E-state index contributed by atoms with van der Waals surface area (Å²) in [5.41, 5.74) is 3.15. The molecule has 1 atom stereocenters. The van der Waals surface area contributed by atoms with Crippen LogP contribution in [-0.4, -0.2) is 15.2 Å². The predicted octanol–water partition coefficient (Wildman–Crippen LogP) is 3.13. The molecule has 4 nitrogen and oxygen atoms in total. The summed E-state index contributed by atoms with van der Waals surface area (Å²) in [4.78, 5) is 4.35. The van der Waals surface area contributed by atoms with Crippen LogP contribution in [-0.2, 0) is 0 Å². The van der Waals surface area contributed by atoms with Gasteiger partial charge in [0.1, 0.15) is 0 Å². The van der Waals surface area contributed by atoms with Crippen molar-refractivity contribution in [2.45, 2.75) is 13.0 Å². The van der Waals surface area contributed by atoms with Gasteiger partial charge in [-0.15, -0.1) is 0 Å². The molecule has 2 N–H and O–H groups in total. The van der Waals surface area contributed by atoms with Crippen LogP contribution in [0.25, 0.3) is 10.9 Å². The van der Waals surface area contributed by atoms with Gasteiger partial charge in [-0.2, -0.15) is 5.10 Å². The molecule has 0 bridgehead atoms. The first-order valence-corrected chi connectivity index (χ1v) is 5.93. The molecule has 90 valence electrons. The number of benzene rings is 1. The highest BCUT2D eigenvalue weighted by atomic mass is 15.1. The lowest BCUT2D eigenvalue weighted by Gasteiger charge is -2.14. The van der Waals surface area contributed by atoms with Crippen molar-refractivity contribution in [3.8, 4) is 0 Å². The number of hydrogen-bond donors (Lipinski definition) is 2. The summed E-state index contributed by atoms with van der Waals surface area (Å²) in [5.74, 6) is 0. The van der Waals surface area contributed by atoms with Gasteiger partial charge in [-0.05, 0) is 37.3 Å². The van der Waals surface area contributed by atoms with Crippen LogP contribution in [0.3, 0.4) is 0 Å². The topological polar surface area (TPSA) is 53.6 Å². The second-order valence-corrected chi connectivity index (χ2v) is 4.29. The second-order valence-electron chi connectivity index (χ2n) is 4.29. The van der Waals surface area contributed by atoms with E-state index in [9.17, 15) is 0 Å². The third-order valence-corrected chi connectivity index (χ3v) is 2.95. The number of nitrogens with one attached hydrogen (secondary N) is 2.